The van der Waals surface area contributed by atoms with Crippen LogP contribution in [-0.4, -0.2) is 42.2 Å². The number of benzene rings is 2. The molecular weight excluding hydrogens is 394 g/mol. The Labute approximate surface area is 163 Å². The van der Waals surface area contributed by atoms with Gasteiger partial charge in [-0.1, -0.05) is 48.8 Å². The highest BCUT2D eigenvalue weighted by Gasteiger charge is 2.17. The summed E-state index contributed by atoms with van der Waals surface area (Å²) in [6.07, 6.45) is -0.762. The molecule has 4 nitrogen and oxygen atoms in total. The topological polar surface area (TPSA) is 49.8 Å². The minimum absolute atomic E-state index is 0.0914. The van der Waals surface area contributed by atoms with E-state index in [1.165, 1.54) is 10.5 Å². The van der Waals surface area contributed by atoms with E-state index in [1.807, 2.05) is 36.4 Å². The first-order valence-electron chi connectivity index (χ1n) is 8.59. The number of aliphatic hydroxyl groups excluding tert-OH is 1. The summed E-state index contributed by atoms with van der Waals surface area (Å²) in [4.78, 5) is 13.9. The number of carbonyl (C=O) groups is 1. The highest BCUT2D eigenvalue weighted by Crippen LogP contribution is 2.24. The van der Waals surface area contributed by atoms with Gasteiger partial charge in [0.25, 0.3) is 5.91 Å². The van der Waals surface area contributed by atoms with Crippen LogP contribution in [0.2, 0.25) is 0 Å². The van der Waals surface area contributed by atoms with Gasteiger partial charge in [-0.15, -0.1) is 0 Å². The Morgan fingerprint density at radius 1 is 1.12 bits per heavy atom. The molecule has 0 spiro atoms. The second kappa shape index (κ2) is 8.69. The summed E-state index contributed by atoms with van der Waals surface area (Å²) in [5.74, 6) is 0.574. The van der Waals surface area contributed by atoms with Gasteiger partial charge in [-0.3, -0.25) is 4.79 Å². The van der Waals surface area contributed by atoms with Crippen molar-refractivity contribution < 1.29 is 14.6 Å². The average Bonchev–Trinajstić information content (AvgIpc) is 2.59. The maximum Gasteiger partial charge on any atom is 0.253 e. The number of rotatable bonds is 6. The third-order valence-electron chi connectivity index (χ3n) is 4.09. The summed E-state index contributed by atoms with van der Waals surface area (Å²) >= 11 is 3.35. The fourth-order valence-corrected chi connectivity index (χ4v) is 2.77. The van der Waals surface area contributed by atoms with Crippen LogP contribution in [0.3, 0.4) is 0 Å². The number of carbonyl (C=O) groups excluding carboxylic acids is 1. The van der Waals surface area contributed by atoms with Gasteiger partial charge in [-0.05, 0) is 47.4 Å². The number of nitrogens with zero attached hydrogens (tertiary/aromatic N) is 1. The van der Waals surface area contributed by atoms with E-state index < -0.39 is 6.10 Å². The molecule has 0 bridgehead atoms. The van der Waals surface area contributed by atoms with Crippen LogP contribution >= 0.6 is 15.9 Å². The minimum Gasteiger partial charge on any atom is -0.491 e. The number of aliphatic hydroxyl groups is 1. The van der Waals surface area contributed by atoms with Crippen molar-refractivity contribution in [3.05, 3.63) is 64.1 Å². The molecule has 0 aliphatic rings. The van der Waals surface area contributed by atoms with Crippen LogP contribution in [0, 0.1) is 0 Å². The van der Waals surface area contributed by atoms with Crippen LogP contribution < -0.4 is 4.74 Å². The largest absolute Gasteiger partial charge is 0.491 e. The van der Waals surface area contributed by atoms with E-state index in [2.05, 4.69) is 36.7 Å². The first-order chi connectivity index (χ1) is 12.2. The zero-order chi connectivity index (χ0) is 19.3. The second-order valence-corrected chi connectivity index (χ2v) is 8.35. The number of amides is 1. The fourth-order valence-electron chi connectivity index (χ4n) is 2.51. The Balaban J connectivity index is 1.85. The molecule has 5 heteroatoms. The molecule has 0 heterocycles. The van der Waals surface area contributed by atoms with E-state index in [0.717, 1.165) is 4.47 Å². The summed E-state index contributed by atoms with van der Waals surface area (Å²) in [6, 6.07) is 15.0. The van der Waals surface area contributed by atoms with Crippen LogP contribution in [0.25, 0.3) is 0 Å². The maximum absolute atomic E-state index is 12.4. The molecule has 0 aromatic heterocycles. The average molecular weight is 420 g/mol. The Kier molecular flexibility index (Phi) is 6.84. The Morgan fingerprint density at radius 3 is 2.23 bits per heavy atom. The van der Waals surface area contributed by atoms with E-state index in [1.54, 1.807) is 19.2 Å². The predicted octanol–water partition coefficient (Wildman–Crippen LogP) is 4.26. The summed E-state index contributed by atoms with van der Waals surface area (Å²) in [6.45, 7) is 6.81. The van der Waals surface area contributed by atoms with E-state index in [0.29, 0.717) is 11.3 Å². The maximum atomic E-state index is 12.4. The van der Waals surface area contributed by atoms with Gasteiger partial charge in [0, 0.05) is 23.6 Å². The smallest absolute Gasteiger partial charge is 0.253 e. The van der Waals surface area contributed by atoms with Crippen LogP contribution in [0.1, 0.15) is 36.7 Å². The normalized spacial score (nSPS) is 12.5. The summed E-state index contributed by atoms with van der Waals surface area (Å²) in [7, 11) is 1.67. The molecule has 0 aliphatic heterocycles. The molecule has 2 aromatic carbocycles. The van der Waals surface area contributed by atoms with Crippen LogP contribution in [0.5, 0.6) is 5.75 Å². The standard InChI is InChI=1S/C21H26BrNO3/c1-21(2,3)16-7-11-19(12-8-16)26-14-18(24)13-23(4)20(25)15-5-9-17(22)10-6-15/h5-12,18,24H,13-14H2,1-4H3. The highest BCUT2D eigenvalue weighted by molar-refractivity contribution is 9.10. The van der Waals surface area contributed by atoms with E-state index in [4.69, 9.17) is 4.74 Å². The summed E-state index contributed by atoms with van der Waals surface area (Å²) < 4.78 is 6.56. The summed E-state index contributed by atoms with van der Waals surface area (Å²) in [5.41, 5.74) is 1.90. The Morgan fingerprint density at radius 2 is 1.69 bits per heavy atom. The molecule has 140 valence electrons. The molecule has 0 saturated heterocycles. The molecule has 1 N–H and O–H groups in total. The van der Waals surface area contributed by atoms with Gasteiger partial charge in [0.1, 0.15) is 18.5 Å². The van der Waals surface area contributed by atoms with Crippen molar-refractivity contribution >= 4 is 21.8 Å². The third kappa shape index (κ3) is 5.85. The molecule has 0 aliphatic carbocycles. The summed E-state index contributed by atoms with van der Waals surface area (Å²) in [5, 5.41) is 10.2. The lowest BCUT2D eigenvalue weighted by Gasteiger charge is -2.22. The molecule has 2 rings (SSSR count). The Hall–Kier alpha value is -1.85. The lowest BCUT2D eigenvalue weighted by molar-refractivity contribution is 0.0563. The number of ether oxygens (including phenoxy) is 1. The lowest BCUT2D eigenvalue weighted by atomic mass is 9.87. The van der Waals surface area contributed by atoms with Crippen molar-refractivity contribution in [1.82, 2.24) is 4.90 Å². The molecular formula is C21H26BrNO3. The monoisotopic (exact) mass is 419 g/mol. The van der Waals surface area contributed by atoms with E-state index >= 15 is 0 Å². The van der Waals surface area contributed by atoms with Gasteiger partial charge >= 0.3 is 0 Å². The van der Waals surface area contributed by atoms with Crippen LogP contribution in [-0.2, 0) is 5.41 Å². The van der Waals surface area contributed by atoms with Crippen molar-refractivity contribution in [3.8, 4) is 5.75 Å². The van der Waals surface area contributed by atoms with Gasteiger partial charge in [0.2, 0.25) is 0 Å². The minimum atomic E-state index is -0.762. The zero-order valence-corrected chi connectivity index (χ0v) is 17.3. The van der Waals surface area contributed by atoms with Crippen molar-refractivity contribution in [2.24, 2.45) is 0 Å². The van der Waals surface area contributed by atoms with E-state index in [-0.39, 0.29) is 24.5 Å². The second-order valence-electron chi connectivity index (χ2n) is 7.43. The quantitative estimate of drug-likeness (QED) is 0.760. The molecule has 1 amide bonds. The van der Waals surface area contributed by atoms with Crippen molar-refractivity contribution in [2.75, 3.05) is 20.2 Å². The van der Waals surface area contributed by atoms with Gasteiger partial charge in [0.05, 0.1) is 0 Å². The number of halogens is 1. The zero-order valence-electron chi connectivity index (χ0n) is 15.7. The molecule has 0 fully saturated rings. The van der Waals surface area contributed by atoms with Crippen LogP contribution in [0.15, 0.2) is 53.0 Å². The number of likely N-dealkylation sites (N-methyl/N-ethyl adjacent to an activating group) is 1. The Bertz CT molecular complexity index is 720. The first kappa shape index (κ1) is 20.5. The fraction of sp³-hybridized carbons (Fsp3) is 0.381. The molecule has 2 aromatic rings. The molecule has 26 heavy (non-hydrogen) atoms. The van der Waals surface area contributed by atoms with Gasteiger partial charge in [0.15, 0.2) is 0 Å². The molecule has 0 radical (unpaired) electrons. The number of hydrogen-bond acceptors (Lipinski definition) is 3. The van der Waals surface area contributed by atoms with Crippen molar-refractivity contribution in [3.63, 3.8) is 0 Å². The van der Waals surface area contributed by atoms with Gasteiger partial charge < -0.3 is 14.7 Å². The van der Waals surface area contributed by atoms with Gasteiger partial charge in [-0.2, -0.15) is 0 Å². The first-order valence-corrected chi connectivity index (χ1v) is 9.38. The van der Waals surface area contributed by atoms with Crippen molar-refractivity contribution in [1.29, 1.82) is 0 Å². The third-order valence-corrected chi connectivity index (χ3v) is 4.61. The number of hydrogen-bond donors (Lipinski definition) is 1. The SMILES string of the molecule is CN(CC(O)COc1ccc(C(C)(C)C)cc1)C(=O)c1ccc(Br)cc1. The molecule has 1 atom stereocenters. The van der Waals surface area contributed by atoms with Gasteiger partial charge in [-0.25, -0.2) is 0 Å². The van der Waals surface area contributed by atoms with Crippen molar-refractivity contribution in [2.45, 2.75) is 32.3 Å². The highest BCUT2D eigenvalue weighted by atomic mass is 79.9. The van der Waals surface area contributed by atoms with Crippen LogP contribution in [0.4, 0.5) is 0 Å². The molecule has 1 unspecified atom stereocenters. The predicted molar refractivity (Wildman–Crippen MR) is 108 cm³/mol. The molecule has 0 saturated carbocycles. The lowest BCUT2D eigenvalue weighted by Crippen LogP contribution is -2.37. The van der Waals surface area contributed by atoms with E-state index in [9.17, 15) is 9.90 Å².